The maximum atomic E-state index is 5.32. The molecule has 7 heteroatoms. The Kier molecular flexibility index (Phi) is 5.22. The lowest BCUT2D eigenvalue weighted by Crippen LogP contribution is -2.27. The van der Waals surface area contributed by atoms with E-state index >= 15 is 0 Å². The molecule has 0 saturated carbocycles. The minimum absolute atomic E-state index is 0.568. The fraction of sp³-hybridized carbons (Fsp3) is 0.235. The standard InChI is InChI=1S/C17H20N6S/c1-2-22-12-15(9-19-22)8-18-17(24)21-16-10-20-23(13-16)11-14-6-4-3-5-7-14/h3-7,9-10,12-13H,2,8,11H2,1H3,(H2,18,21,24). The summed E-state index contributed by atoms with van der Waals surface area (Å²) in [6.45, 7) is 4.30. The molecule has 0 radical (unpaired) electrons. The van der Waals surface area contributed by atoms with E-state index in [9.17, 15) is 0 Å². The fourth-order valence-electron chi connectivity index (χ4n) is 2.31. The predicted molar refractivity (Wildman–Crippen MR) is 98.7 cm³/mol. The van der Waals surface area contributed by atoms with Crippen LogP contribution in [0.1, 0.15) is 18.1 Å². The van der Waals surface area contributed by atoms with Crippen LogP contribution in [0.4, 0.5) is 5.69 Å². The summed E-state index contributed by atoms with van der Waals surface area (Å²) in [7, 11) is 0. The third-order valence-corrected chi connectivity index (χ3v) is 3.79. The van der Waals surface area contributed by atoms with Crippen LogP contribution >= 0.6 is 12.2 Å². The van der Waals surface area contributed by atoms with Crippen LogP contribution in [0.25, 0.3) is 0 Å². The molecule has 3 aromatic rings. The predicted octanol–water partition coefficient (Wildman–Crippen LogP) is 2.63. The van der Waals surface area contributed by atoms with Crippen LogP contribution in [0, 0.1) is 0 Å². The number of nitrogens with one attached hydrogen (secondary N) is 2. The van der Waals surface area contributed by atoms with Crippen molar-refractivity contribution in [2.24, 2.45) is 0 Å². The van der Waals surface area contributed by atoms with E-state index in [1.807, 2.05) is 46.2 Å². The zero-order valence-corrected chi connectivity index (χ0v) is 14.3. The van der Waals surface area contributed by atoms with Gasteiger partial charge >= 0.3 is 0 Å². The van der Waals surface area contributed by atoms with E-state index in [1.54, 1.807) is 6.20 Å². The van der Waals surface area contributed by atoms with Crippen molar-refractivity contribution in [3.63, 3.8) is 0 Å². The Bertz CT molecular complexity index is 792. The monoisotopic (exact) mass is 340 g/mol. The summed E-state index contributed by atoms with van der Waals surface area (Å²) in [6, 6.07) is 10.2. The zero-order chi connectivity index (χ0) is 16.8. The largest absolute Gasteiger partial charge is 0.358 e. The van der Waals surface area contributed by atoms with Crippen LogP contribution in [0.3, 0.4) is 0 Å². The molecule has 0 amide bonds. The molecule has 0 fully saturated rings. The molecule has 124 valence electrons. The number of hydrogen-bond acceptors (Lipinski definition) is 3. The number of aromatic nitrogens is 4. The molecule has 6 nitrogen and oxygen atoms in total. The Morgan fingerprint density at radius 1 is 1.04 bits per heavy atom. The van der Waals surface area contributed by atoms with Crippen LogP contribution in [-0.2, 0) is 19.6 Å². The molecule has 2 aromatic heterocycles. The van der Waals surface area contributed by atoms with Gasteiger partial charge in [-0.25, -0.2) is 0 Å². The quantitative estimate of drug-likeness (QED) is 0.676. The summed E-state index contributed by atoms with van der Waals surface area (Å²) in [4.78, 5) is 0. The highest BCUT2D eigenvalue weighted by atomic mass is 32.1. The van der Waals surface area contributed by atoms with Gasteiger partial charge in [0.05, 0.1) is 24.6 Å². The van der Waals surface area contributed by atoms with Crippen molar-refractivity contribution >= 4 is 23.0 Å². The average molecular weight is 340 g/mol. The van der Waals surface area contributed by atoms with Gasteiger partial charge < -0.3 is 10.6 Å². The van der Waals surface area contributed by atoms with Crippen molar-refractivity contribution < 1.29 is 0 Å². The van der Waals surface area contributed by atoms with E-state index in [4.69, 9.17) is 12.2 Å². The van der Waals surface area contributed by atoms with Gasteiger partial charge in [-0.3, -0.25) is 9.36 Å². The van der Waals surface area contributed by atoms with Crippen molar-refractivity contribution in [3.05, 3.63) is 66.2 Å². The van der Waals surface area contributed by atoms with Crippen molar-refractivity contribution in [2.75, 3.05) is 5.32 Å². The summed E-state index contributed by atoms with van der Waals surface area (Å²) < 4.78 is 3.77. The van der Waals surface area contributed by atoms with Gasteiger partial charge in [0.1, 0.15) is 0 Å². The Labute approximate surface area is 146 Å². The van der Waals surface area contributed by atoms with Crippen molar-refractivity contribution in [3.8, 4) is 0 Å². The van der Waals surface area contributed by atoms with Gasteiger partial charge in [0.2, 0.25) is 0 Å². The van der Waals surface area contributed by atoms with Crippen LogP contribution in [0.2, 0.25) is 0 Å². The van der Waals surface area contributed by atoms with Crippen LogP contribution in [0.15, 0.2) is 55.1 Å². The van der Waals surface area contributed by atoms with Crippen LogP contribution < -0.4 is 10.6 Å². The fourth-order valence-corrected chi connectivity index (χ4v) is 2.50. The molecular weight excluding hydrogens is 320 g/mol. The molecule has 0 spiro atoms. The third kappa shape index (κ3) is 4.42. The highest BCUT2D eigenvalue weighted by Gasteiger charge is 2.03. The highest BCUT2D eigenvalue weighted by Crippen LogP contribution is 2.08. The van der Waals surface area contributed by atoms with Crippen molar-refractivity contribution in [1.82, 2.24) is 24.9 Å². The Hall–Kier alpha value is -2.67. The minimum atomic E-state index is 0.568. The number of benzene rings is 1. The van der Waals surface area contributed by atoms with Gasteiger partial charge in [0, 0.05) is 31.0 Å². The summed E-state index contributed by atoms with van der Waals surface area (Å²) >= 11 is 5.32. The first-order valence-corrected chi connectivity index (χ1v) is 8.26. The van der Waals surface area contributed by atoms with E-state index in [2.05, 4.69) is 39.9 Å². The highest BCUT2D eigenvalue weighted by molar-refractivity contribution is 7.80. The van der Waals surface area contributed by atoms with E-state index < -0.39 is 0 Å². The van der Waals surface area contributed by atoms with E-state index in [-0.39, 0.29) is 0 Å². The Balaban J connectivity index is 1.49. The molecule has 0 saturated heterocycles. The van der Waals surface area contributed by atoms with E-state index in [0.29, 0.717) is 11.7 Å². The molecule has 1 aromatic carbocycles. The van der Waals surface area contributed by atoms with Gasteiger partial charge in [0.25, 0.3) is 0 Å². The molecule has 0 aliphatic heterocycles. The van der Waals surface area contributed by atoms with Gasteiger partial charge in [-0.2, -0.15) is 10.2 Å². The van der Waals surface area contributed by atoms with E-state index in [0.717, 1.165) is 24.3 Å². The first kappa shape index (κ1) is 16.2. The number of hydrogen-bond donors (Lipinski definition) is 2. The second kappa shape index (κ2) is 7.74. The molecule has 0 aliphatic carbocycles. The maximum absolute atomic E-state index is 5.32. The zero-order valence-electron chi connectivity index (χ0n) is 13.5. The lowest BCUT2D eigenvalue weighted by molar-refractivity contribution is 0.659. The summed E-state index contributed by atoms with van der Waals surface area (Å²) in [5.41, 5.74) is 3.18. The summed E-state index contributed by atoms with van der Waals surface area (Å²) in [5.74, 6) is 0. The average Bonchev–Trinajstić information content (AvgIpc) is 3.23. The van der Waals surface area contributed by atoms with Crippen LogP contribution in [0.5, 0.6) is 0 Å². The smallest absolute Gasteiger partial charge is 0.171 e. The Morgan fingerprint density at radius 2 is 1.83 bits per heavy atom. The maximum Gasteiger partial charge on any atom is 0.171 e. The number of anilines is 1. The number of rotatable bonds is 6. The molecular formula is C17H20N6S. The molecule has 0 bridgehead atoms. The summed E-state index contributed by atoms with van der Waals surface area (Å²) in [5, 5.41) is 15.5. The van der Waals surface area contributed by atoms with Crippen molar-refractivity contribution in [2.45, 2.75) is 26.6 Å². The second-order valence-corrected chi connectivity index (χ2v) is 5.83. The number of nitrogens with zero attached hydrogens (tertiary/aromatic N) is 4. The molecule has 2 heterocycles. The normalized spacial score (nSPS) is 10.5. The minimum Gasteiger partial charge on any atom is -0.358 e. The molecule has 2 N–H and O–H groups in total. The van der Waals surface area contributed by atoms with Gasteiger partial charge in [0.15, 0.2) is 5.11 Å². The SMILES string of the molecule is CCn1cc(CNC(=S)Nc2cnn(Cc3ccccc3)c2)cn1. The lowest BCUT2D eigenvalue weighted by Gasteiger charge is -2.07. The topological polar surface area (TPSA) is 59.7 Å². The first-order chi connectivity index (χ1) is 11.7. The Morgan fingerprint density at radius 3 is 2.58 bits per heavy atom. The lowest BCUT2D eigenvalue weighted by atomic mass is 10.2. The van der Waals surface area contributed by atoms with Crippen LogP contribution in [-0.4, -0.2) is 24.7 Å². The molecule has 0 atom stereocenters. The number of aryl methyl sites for hydroxylation is 1. The second-order valence-electron chi connectivity index (χ2n) is 5.42. The van der Waals surface area contributed by atoms with Crippen molar-refractivity contribution in [1.29, 1.82) is 0 Å². The molecule has 3 rings (SSSR count). The number of thiocarbonyl (C=S) groups is 1. The van der Waals surface area contributed by atoms with Gasteiger partial charge in [-0.05, 0) is 24.7 Å². The molecule has 24 heavy (non-hydrogen) atoms. The molecule has 0 aliphatic rings. The van der Waals surface area contributed by atoms with Gasteiger partial charge in [-0.15, -0.1) is 0 Å². The summed E-state index contributed by atoms with van der Waals surface area (Å²) in [6.07, 6.45) is 7.56. The van der Waals surface area contributed by atoms with E-state index in [1.165, 1.54) is 5.56 Å². The first-order valence-electron chi connectivity index (χ1n) is 7.85. The third-order valence-electron chi connectivity index (χ3n) is 3.54. The molecule has 0 unspecified atom stereocenters. The van der Waals surface area contributed by atoms with Gasteiger partial charge in [-0.1, -0.05) is 30.3 Å².